The van der Waals surface area contributed by atoms with Crippen LogP contribution in [0.1, 0.15) is 69.8 Å². The minimum atomic E-state index is -0.398. The molecule has 1 aliphatic heterocycles. The van der Waals surface area contributed by atoms with Crippen molar-refractivity contribution < 1.29 is 9.32 Å². The van der Waals surface area contributed by atoms with Crippen molar-refractivity contribution in [1.82, 2.24) is 29.8 Å². The van der Waals surface area contributed by atoms with Crippen LogP contribution in [0.15, 0.2) is 17.2 Å². The zero-order valence-corrected chi connectivity index (χ0v) is 13.7. The highest BCUT2D eigenvalue weighted by Crippen LogP contribution is 2.32. The first-order valence-electron chi connectivity index (χ1n) is 8.06. The summed E-state index contributed by atoms with van der Waals surface area (Å²) in [6, 6.07) is -0.548. The second kappa shape index (κ2) is 6.47. The minimum Gasteiger partial charge on any atom is -0.337 e. The van der Waals surface area contributed by atoms with Crippen molar-refractivity contribution in [2.24, 2.45) is 0 Å². The Bertz CT molecular complexity index is 651. The first kappa shape index (κ1) is 15.6. The SMILES string of the molecule is CC(C)c1noc([C@H]2CCCCN2C(=O)[C@H](C)n2cncn2)n1. The van der Waals surface area contributed by atoms with E-state index in [0.717, 1.165) is 19.3 Å². The minimum absolute atomic E-state index is 0.00416. The van der Waals surface area contributed by atoms with Gasteiger partial charge in [-0.3, -0.25) is 4.79 Å². The topological polar surface area (TPSA) is 89.9 Å². The molecule has 0 spiro atoms. The van der Waals surface area contributed by atoms with E-state index >= 15 is 0 Å². The molecule has 0 N–H and O–H groups in total. The van der Waals surface area contributed by atoms with Gasteiger partial charge in [-0.25, -0.2) is 9.67 Å². The smallest absolute Gasteiger partial charge is 0.249 e. The Kier molecular flexibility index (Phi) is 4.40. The molecular formula is C15H22N6O2. The molecule has 0 aliphatic carbocycles. The van der Waals surface area contributed by atoms with Crippen LogP contribution in [-0.2, 0) is 4.79 Å². The molecule has 23 heavy (non-hydrogen) atoms. The van der Waals surface area contributed by atoms with Gasteiger partial charge in [-0.1, -0.05) is 19.0 Å². The molecule has 1 saturated heterocycles. The van der Waals surface area contributed by atoms with Crippen LogP contribution in [-0.4, -0.2) is 42.3 Å². The van der Waals surface area contributed by atoms with Gasteiger partial charge in [-0.2, -0.15) is 10.1 Å². The number of hydrogen-bond acceptors (Lipinski definition) is 6. The Balaban J connectivity index is 1.81. The first-order valence-corrected chi connectivity index (χ1v) is 8.06. The predicted octanol–water partition coefficient (Wildman–Crippen LogP) is 2.10. The molecular weight excluding hydrogens is 296 g/mol. The molecule has 0 unspecified atom stereocenters. The fourth-order valence-electron chi connectivity index (χ4n) is 2.84. The van der Waals surface area contributed by atoms with E-state index in [2.05, 4.69) is 20.2 Å². The summed E-state index contributed by atoms with van der Waals surface area (Å²) in [4.78, 5) is 23.1. The van der Waals surface area contributed by atoms with Crippen molar-refractivity contribution in [2.75, 3.05) is 6.54 Å². The Hall–Kier alpha value is -2.25. The summed E-state index contributed by atoms with van der Waals surface area (Å²) < 4.78 is 7.00. The molecule has 2 aromatic heterocycles. The van der Waals surface area contributed by atoms with Crippen molar-refractivity contribution in [1.29, 1.82) is 0 Å². The zero-order valence-electron chi connectivity index (χ0n) is 13.7. The Labute approximate surface area is 134 Å². The summed E-state index contributed by atoms with van der Waals surface area (Å²) in [6.07, 6.45) is 5.87. The fourth-order valence-corrected chi connectivity index (χ4v) is 2.84. The van der Waals surface area contributed by atoms with E-state index in [-0.39, 0.29) is 17.9 Å². The number of likely N-dealkylation sites (tertiary alicyclic amines) is 1. The van der Waals surface area contributed by atoms with Crippen LogP contribution >= 0.6 is 0 Å². The van der Waals surface area contributed by atoms with Crippen LogP contribution < -0.4 is 0 Å². The second-order valence-corrected chi connectivity index (χ2v) is 6.24. The Morgan fingerprint density at radius 2 is 2.17 bits per heavy atom. The quantitative estimate of drug-likeness (QED) is 0.857. The number of carbonyl (C=O) groups excluding carboxylic acids is 1. The van der Waals surface area contributed by atoms with E-state index in [0.29, 0.717) is 18.3 Å². The molecule has 0 bridgehead atoms. The average Bonchev–Trinajstić information content (AvgIpc) is 3.24. The molecule has 1 fully saturated rings. The number of carbonyl (C=O) groups is 1. The molecule has 1 amide bonds. The normalized spacial score (nSPS) is 20.0. The van der Waals surface area contributed by atoms with E-state index in [9.17, 15) is 4.79 Å². The van der Waals surface area contributed by atoms with Crippen LogP contribution in [0.25, 0.3) is 0 Å². The van der Waals surface area contributed by atoms with Gasteiger partial charge in [-0.15, -0.1) is 0 Å². The summed E-state index contributed by atoms with van der Waals surface area (Å²) in [6.45, 7) is 6.56. The first-order chi connectivity index (χ1) is 11.1. The van der Waals surface area contributed by atoms with E-state index in [1.54, 1.807) is 11.0 Å². The lowest BCUT2D eigenvalue weighted by atomic mass is 10.0. The predicted molar refractivity (Wildman–Crippen MR) is 81.4 cm³/mol. The van der Waals surface area contributed by atoms with Gasteiger partial charge >= 0.3 is 0 Å². The molecule has 2 aromatic rings. The summed E-state index contributed by atoms with van der Waals surface area (Å²) in [5.74, 6) is 1.42. The molecule has 124 valence electrons. The standard InChI is InChI=1S/C15H22N6O2/c1-10(2)13-18-14(23-19-13)12-6-4-5-7-20(12)15(22)11(3)21-9-16-8-17-21/h8-12H,4-7H2,1-3H3/t11-,12+/m0/s1. The summed E-state index contributed by atoms with van der Waals surface area (Å²) in [5, 5.41) is 8.09. The van der Waals surface area contributed by atoms with Gasteiger partial charge in [-0.05, 0) is 26.2 Å². The second-order valence-electron chi connectivity index (χ2n) is 6.24. The molecule has 2 atom stereocenters. The van der Waals surface area contributed by atoms with Crippen molar-refractivity contribution in [3.05, 3.63) is 24.4 Å². The molecule has 3 heterocycles. The van der Waals surface area contributed by atoms with Gasteiger partial charge in [0.25, 0.3) is 0 Å². The third-order valence-electron chi connectivity index (χ3n) is 4.24. The highest BCUT2D eigenvalue weighted by atomic mass is 16.5. The Morgan fingerprint density at radius 3 is 2.83 bits per heavy atom. The lowest BCUT2D eigenvalue weighted by molar-refractivity contribution is -0.139. The van der Waals surface area contributed by atoms with Crippen molar-refractivity contribution in [3.8, 4) is 0 Å². The zero-order chi connectivity index (χ0) is 16.4. The number of amides is 1. The lowest BCUT2D eigenvalue weighted by Gasteiger charge is -2.35. The van der Waals surface area contributed by atoms with Gasteiger partial charge in [0.15, 0.2) is 5.82 Å². The molecule has 0 saturated carbocycles. The average molecular weight is 318 g/mol. The van der Waals surface area contributed by atoms with Crippen LogP contribution in [0.2, 0.25) is 0 Å². The van der Waals surface area contributed by atoms with Crippen molar-refractivity contribution >= 4 is 5.91 Å². The number of piperidine rings is 1. The summed E-state index contributed by atoms with van der Waals surface area (Å²) in [7, 11) is 0. The molecule has 1 aliphatic rings. The number of aromatic nitrogens is 5. The molecule has 0 aromatic carbocycles. The van der Waals surface area contributed by atoms with Crippen molar-refractivity contribution in [2.45, 2.75) is 58.0 Å². The van der Waals surface area contributed by atoms with Gasteiger partial charge < -0.3 is 9.42 Å². The van der Waals surface area contributed by atoms with Gasteiger partial charge in [0.05, 0.1) is 0 Å². The number of rotatable bonds is 4. The van der Waals surface area contributed by atoms with E-state index in [1.807, 2.05) is 25.7 Å². The lowest BCUT2D eigenvalue weighted by Crippen LogP contribution is -2.42. The highest BCUT2D eigenvalue weighted by Gasteiger charge is 2.35. The molecule has 3 rings (SSSR count). The number of nitrogens with zero attached hydrogens (tertiary/aromatic N) is 6. The third-order valence-corrected chi connectivity index (χ3v) is 4.24. The maximum atomic E-state index is 12.9. The summed E-state index contributed by atoms with van der Waals surface area (Å²) >= 11 is 0. The van der Waals surface area contributed by atoms with E-state index in [1.165, 1.54) is 6.33 Å². The van der Waals surface area contributed by atoms with Crippen LogP contribution in [0.3, 0.4) is 0 Å². The molecule has 0 radical (unpaired) electrons. The third kappa shape index (κ3) is 3.11. The monoisotopic (exact) mass is 318 g/mol. The maximum Gasteiger partial charge on any atom is 0.249 e. The van der Waals surface area contributed by atoms with Crippen LogP contribution in [0.5, 0.6) is 0 Å². The summed E-state index contributed by atoms with van der Waals surface area (Å²) in [5.41, 5.74) is 0. The fraction of sp³-hybridized carbons (Fsp3) is 0.667. The number of hydrogen-bond donors (Lipinski definition) is 0. The van der Waals surface area contributed by atoms with Crippen LogP contribution in [0, 0.1) is 0 Å². The highest BCUT2D eigenvalue weighted by molar-refractivity contribution is 5.80. The van der Waals surface area contributed by atoms with E-state index in [4.69, 9.17) is 4.52 Å². The van der Waals surface area contributed by atoms with Gasteiger partial charge in [0.2, 0.25) is 11.8 Å². The Morgan fingerprint density at radius 1 is 1.35 bits per heavy atom. The maximum absolute atomic E-state index is 12.9. The van der Waals surface area contributed by atoms with Crippen LogP contribution in [0.4, 0.5) is 0 Å². The molecule has 8 heteroatoms. The largest absolute Gasteiger partial charge is 0.337 e. The molecule has 8 nitrogen and oxygen atoms in total. The van der Waals surface area contributed by atoms with E-state index < -0.39 is 6.04 Å². The van der Waals surface area contributed by atoms with Crippen molar-refractivity contribution in [3.63, 3.8) is 0 Å². The van der Waals surface area contributed by atoms with Gasteiger partial charge in [0, 0.05) is 12.5 Å². The van der Waals surface area contributed by atoms with Gasteiger partial charge in [0.1, 0.15) is 24.7 Å².